The smallest absolute Gasteiger partial charge is 0.0504 e. The van der Waals surface area contributed by atoms with Gasteiger partial charge in [-0.1, -0.05) is 26.8 Å². The van der Waals surface area contributed by atoms with Crippen LogP contribution in [0.5, 0.6) is 0 Å². The van der Waals surface area contributed by atoms with Crippen molar-refractivity contribution in [3.05, 3.63) is 23.5 Å². The fourth-order valence-electron chi connectivity index (χ4n) is 0.898. The molecule has 1 atom stereocenters. The molecule has 0 aromatic carbocycles. The van der Waals surface area contributed by atoms with Crippen LogP contribution >= 0.6 is 0 Å². The van der Waals surface area contributed by atoms with E-state index in [4.69, 9.17) is 11.5 Å². The van der Waals surface area contributed by atoms with Crippen LogP contribution in [0.4, 0.5) is 0 Å². The quantitative estimate of drug-likeness (QED) is 0.633. The van der Waals surface area contributed by atoms with Crippen molar-refractivity contribution < 1.29 is 0 Å². The lowest BCUT2D eigenvalue weighted by atomic mass is 9.94. The third-order valence-corrected chi connectivity index (χ3v) is 2.17. The van der Waals surface area contributed by atoms with E-state index in [-0.39, 0.29) is 0 Å². The molecule has 0 radical (unpaired) electrons. The molecular weight excluding hydrogens is 148 g/mol. The fraction of sp³-hybridized carbons (Fsp3) is 0.600. The molecule has 0 aromatic rings. The van der Waals surface area contributed by atoms with Gasteiger partial charge in [0.2, 0.25) is 0 Å². The van der Waals surface area contributed by atoms with Gasteiger partial charge < -0.3 is 11.5 Å². The summed E-state index contributed by atoms with van der Waals surface area (Å²) >= 11 is 0. The molecule has 0 spiro atoms. The zero-order valence-electron chi connectivity index (χ0n) is 8.46. The van der Waals surface area contributed by atoms with Crippen LogP contribution in [0.1, 0.15) is 27.7 Å². The lowest BCUT2D eigenvalue weighted by molar-refractivity contribution is 0.473. The highest BCUT2D eigenvalue weighted by molar-refractivity contribution is 5.21. The van der Waals surface area contributed by atoms with Crippen molar-refractivity contribution in [1.82, 2.24) is 0 Å². The average molecular weight is 168 g/mol. The molecule has 0 saturated heterocycles. The van der Waals surface area contributed by atoms with Crippen molar-refractivity contribution >= 4 is 0 Å². The van der Waals surface area contributed by atoms with Crippen molar-refractivity contribution in [2.45, 2.75) is 27.7 Å². The molecule has 0 aromatic heterocycles. The van der Waals surface area contributed by atoms with Gasteiger partial charge in [-0.25, -0.2) is 0 Å². The highest BCUT2D eigenvalue weighted by Crippen LogP contribution is 2.17. The first-order chi connectivity index (χ1) is 5.50. The monoisotopic (exact) mass is 168 g/mol. The van der Waals surface area contributed by atoms with Crippen molar-refractivity contribution in [2.75, 3.05) is 0 Å². The van der Waals surface area contributed by atoms with E-state index in [1.807, 2.05) is 19.1 Å². The van der Waals surface area contributed by atoms with Crippen molar-refractivity contribution in [3.8, 4) is 0 Å². The Morgan fingerprint density at radius 3 is 2.00 bits per heavy atom. The average Bonchev–Trinajstić information content (AvgIpc) is 2.02. The lowest BCUT2D eigenvalue weighted by Crippen LogP contribution is -2.19. The maximum absolute atomic E-state index is 5.85. The first kappa shape index (κ1) is 11.1. The lowest BCUT2D eigenvalue weighted by Gasteiger charge is -2.17. The van der Waals surface area contributed by atoms with Crippen molar-refractivity contribution in [2.24, 2.45) is 23.3 Å². The van der Waals surface area contributed by atoms with E-state index in [0.717, 1.165) is 5.70 Å². The standard InChI is InChI=1S/C10H20N2/c1-5-6-9(11)10(12)8(4)7(2)3/h5-8H,11-12H2,1-4H3/b6-5-,10-9-. The molecular formula is C10H20N2. The number of rotatable bonds is 3. The van der Waals surface area contributed by atoms with Gasteiger partial charge in [-0.05, 0) is 24.8 Å². The molecule has 0 bridgehead atoms. The predicted molar refractivity (Wildman–Crippen MR) is 54.2 cm³/mol. The second-order valence-corrected chi connectivity index (χ2v) is 3.44. The third-order valence-electron chi connectivity index (χ3n) is 2.17. The zero-order chi connectivity index (χ0) is 9.72. The topological polar surface area (TPSA) is 52.0 Å². The Kier molecular flexibility index (Phi) is 4.49. The second kappa shape index (κ2) is 4.86. The predicted octanol–water partition coefficient (Wildman–Crippen LogP) is 1.98. The van der Waals surface area contributed by atoms with Crippen LogP contribution in [0.2, 0.25) is 0 Å². The van der Waals surface area contributed by atoms with Crippen LogP contribution in [-0.2, 0) is 0 Å². The van der Waals surface area contributed by atoms with E-state index < -0.39 is 0 Å². The Balaban J connectivity index is 4.53. The largest absolute Gasteiger partial charge is 0.400 e. The maximum atomic E-state index is 5.85. The first-order valence-corrected chi connectivity index (χ1v) is 4.38. The minimum absolute atomic E-state index is 0.348. The second-order valence-electron chi connectivity index (χ2n) is 3.44. The van der Waals surface area contributed by atoms with Crippen LogP contribution in [0.25, 0.3) is 0 Å². The normalized spacial score (nSPS) is 16.8. The van der Waals surface area contributed by atoms with Crippen LogP contribution < -0.4 is 11.5 Å². The van der Waals surface area contributed by atoms with E-state index in [2.05, 4.69) is 20.8 Å². The Bertz CT molecular complexity index is 190. The van der Waals surface area contributed by atoms with Gasteiger partial charge in [-0.2, -0.15) is 0 Å². The molecule has 0 aliphatic carbocycles. The van der Waals surface area contributed by atoms with Gasteiger partial charge >= 0.3 is 0 Å². The van der Waals surface area contributed by atoms with Gasteiger partial charge in [0.1, 0.15) is 0 Å². The van der Waals surface area contributed by atoms with Crippen LogP contribution in [-0.4, -0.2) is 0 Å². The van der Waals surface area contributed by atoms with Gasteiger partial charge in [0.25, 0.3) is 0 Å². The number of nitrogens with two attached hydrogens (primary N) is 2. The van der Waals surface area contributed by atoms with Crippen LogP contribution in [0.15, 0.2) is 23.5 Å². The summed E-state index contributed by atoms with van der Waals surface area (Å²) in [7, 11) is 0. The summed E-state index contributed by atoms with van der Waals surface area (Å²) in [5, 5.41) is 0. The zero-order valence-corrected chi connectivity index (χ0v) is 8.46. The SMILES string of the molecule is C/C=C\C(N)=C(\N)C(C)C(C)C. The summed E-state index contributed by atoms with van der Waals surface area (Å²) in [6.45, 7) is 8.30. The van der Waals surface area contributed by atoms with Crippen molar-refractivity contribution in [3.63, 3.8) is 0 Å². The summed E-state index contributed by atoms with van der Waals surface area (Å²) in [5.74, 6) is 0.884. The first-order valence-electron chi connectivity index (χ1n) is 4.38. The molecule has 2 nitrogen and oxygen atoms in total. The minimum Gasteiger partial charge on any atom is -0.400 e. The van der Waals surface area contributed by atoms with Crippen molar-refractivity contribution in [1.29, 1.82) is 0 Å². The Labute approximate surface area is 75.3 Å². The maximum Gasteiger partial charge on any atom is 0.0504 e. The Hall–Kier alpha value is -0.920. The molecule has 12 heavy (non-hydrogen) atoms. The van der Waals surface area contributed by atoms with Gasteiger partial charge in [0.15, 0.2) is 0 Å². The number of hydrogen-bond acceptors (Lipinski definition) is 2. The third kappa shape index (κ3) is 2.99. The van der Waals surface area contributed by atoms with Gasteiger partial charge in [-0.15, -0.1) is 0 Å². The van der Waals surface area contributed by atoms with Gasteiger partial charge in [-0.3, -0.25) is 0 Å². The summed E-state index contributed by atoms with van der Waals surface area (Å²) in [6.07, 6.45) is 3.74. The molecule has 0 aliphatic heterocycles. The Morgan fingerprint density at radius 1 is 1.17 bits per heavy atom. The van der Waals surface area contributed by atoms with E-state index in [1.54, 1.807) is 0 Å². The van der Waals surface area contributed by atoms with E-state index in [9.17, 15) is 0 Å². The summed E-state index contributed by atoms with van der Waals surface area (Å²) < 4.78 is 0. The molecule has 70 valence electrons. The molecule has 0 saturated carbocycles. The highest BCUT2D eigenvalue weighted by Gasteiger charge is 2.11. The fourth-order valence-corrected chi connectivity index (χ4v) is 0.898. The molecule has 1 unspecified atom stereocenters. The van der Waals surface area contributed by atoms with E-state index >= 15 is 0 Å². The molecule has 0 aliphatic rings. The number of hydrogen-bond donors (Lipinski definition) is 2. The van der Waals surface area contributed by atoms with Crippen LogP contribution in [0, 0.1) is 11.8 Å². The summed E-state index contributed by atoms with van der Waals surface area (Å²) in [5.41, 5.74) is 13.1. The number of allylic oxidation sites excluding steroid dienone is 3. The minimum atomic E-state index is 0.348. The van der Waals surface area contributed by atoms with Gasteiger partial charge in [0.05, 0.1) is 5.70 Å². The van der Waals surface area contributed by atoms with E-state index in [1.165, 1.54) is 0 Å². The van der Waals surface area contributed by atoms with Crippen LogP contribution in [0.3, 0.4) is 0 Å². The molecule has 0 fully saturated rings. The van der Waals surface area contributed by atoms with Gasteiger partial charge in [0, 0.05) is 5.70 Å². The molecule has 0 rings (SSSR count). The molecule has 0 heterocycles. The summed E-state index contributed by atoms with van der Waals surface area (Å²) in [6, 6.07) is 0. The van der Waals surface area contributed by atoms with E-state index in [0.29, 0.717) is 17.5 Å². The molecule has 4 N–H and O–H groups in total. The molecule has 0 amide bonds. The Morgan fingerprint density at radius 2 is 1.67 bits per heavy atom. The summed E-state index contributed by atoms with van der Waals surface area (Å²) in [4.78, 5) is 0. The highest BCUT2D eigenvalue weighted by atomic mass is 14.7. The molecule has 2 heteroatoms.